The van der Waals surface area contributed by atoms with Gasteiger partial charge in [0.25, 0.3) is 5.91 Å². The molecular weight excluding hydrogens is 308 g/mol. The molecule has 8 nitrogen and oxygen atoms in total. The van der Waals surface area contributed by atoms with E-state index in [-0.39, 0.29) is 5.91 Å². The Morgan fingerprint density at radius 2 is 2.00 bits per heavy atom. The molecule has 3 N–H and O–H groups in total. The van der Waals surface area contributed by atoms with Crippen molar-refractivity contribution in [2.75, 3.05) is 44.2 Å². The second-order valence-corrected chi connectivity index (χ2v) is 5.64. The van der Waals surface area contributed by atoms with Crippen LogP contribution in [0.25, 0.3) is 0 Å². The van der Waals surface area contributed by atoms with Crippen molar-refractivity contribution in [2.24, 2.45) is 5.73 Å². The predicted molar refractivity (Wildman–Crippen MR) is 89.6 cm³/mol. The average molecular weight is 330 g/mol. The van der Waals surface area contributed by atoms with E-state index >= 15 is 0 Å². The molecule has 2 aromatic rings. The van der Waals surface area contributed by atoms with Crippen LogP contribution in [0.5, 0.6) is 0 Å². The third-order valence-corrected chi connectivity index (χ3v) is 4.04. The van der Waals surface area contributed by atoms with Gasteiger partial charge in [-0.15, -0.1) is 0 Å². The van der Waals surface area contributed by atoms with Gasteiger partial charge in [-0.05, 0) is 12.1 Å². The second-order valence-electron chi connectivity index (χ2n) is 5.64. The van der Waals surface area contributed by atoms with Gasteiger partial charge in [0.1, 0.15) is 12.0 Å². The lowest BCUT2D eigenvalue weighted by atomic mass is 10.3. The van der Waals surface area contributed by atoms with Crippen LogP contribution in [0.3, 0.4) is 0 Å². The van der Waals surface area contributed by atoms with Crippen molar-refractivity contribution in [1.29, 1.82) is 0 Å². The van der Waals surface area contributed by atoms with E-state index in [1.165, 1.54) is 6.26 Å². The summed E-state index contributed by atoms with van der Waals surface area (Å²) in [6.45, 7) is 5.34. The van der Waals surface area contributed by atoms with Crippen LogP contribution >= 0.6 is 0 Å². The molecule has 1 saturated heterocycles. The molecule has 1 aliphatic heterocycles. The fourth-order valence-corrected chi connectivity index (χ4v) is 2.66. The number of aromatic nitrogens is 2. The highest BCUT2D eigenvalue weighted by molar-refractivity contribution is 5.93. The van der Waals surface area contributed by atoms with E-state index in [4.69, 9.17) is 10.2 Å². The smallest absolute Gasteiger partial charge is 0.254 e. The predicted octanol–water partition coefficient (Wildman–Crippen LogP) is 0.0803. The van der Waals surface area contributed by atoms with E-state index in [2.05, 4.69) is 25.1 Å². The lowest BCUT2D eigenvalue weighted by Gasteiger charge is -2.34. The van der Waals surface area contributed by atoms with Crippen molar-refractivity contribution in [3.05, 3.63) is 42.1 Å². The van der Waals surface area contributed by atoms with Crippen LogP contribution in [0, 0.1) is 0 Å². The number of anilines is 1. The molecule has 128 valence electrons. The molecule has 3 heterocycles. The molecule has 1 amide bonds. The zero-order valence-corrected chi connectivity index (χ0v) is 13.5. The minimum absolute atomic E-state index is 0.130. The summed E-state index contributed by atoms with van der Waals surface area (Å²) >= 11 is 0. The van der Waals surface area contributed by atoms with Gasteiger partial charge in [0.15, 0.2) is 0 Å². The molecule has 0 aliphatic carbocycles. The van der Waals surface area contributed by atoms with E-state index in [1.54, 1.807) is 18.5 Å². The average Bonchev–Trinajstić information content (AvgIpc) is 3.12. The van der Waals surface area contributed by atoms with Crippen LogP contribution < -0.4 is 16.0 Å². The normalized spacial score (nSPS) is 15.5. The summed E-state index contributed by atoms with van der Waals surface area (Å²) in [5.74, 6) is 1.26. The van der Waals surface area contributed by atoms with Crippen molar-refractivity contribution >= 4 is 11.9 Å². The standard InChI is InChI=1S/C16H22N6O2/c17-11-14-10-13(12-24-14)15(23)18-4-5-21-6-8-22(9-7-21)16-19-2-1-3-20-16/h1-3,10,12H,4-9,11,17H2,(H,18,23). The van der Waals surface area contributed by atoms with Gasteiger partial charge in [0.05, 0.1) is 12.1 Å². The lowest BCUT2D eigenvalue weighted by molar-refractivity contribution is 0.0947. The number of furan rings is 1. The minimum atomic E-state index is -0.130. The highest BCUT2D eigenvalue weighted by atomic mass is 16.3. The third kappa shape index (κ3) is 4.09. The van der Waals surface area contributed by atoms with Crippen LogP contribution in [0.1, 0.15) is 16.1 Å². The molecule has 1 fully saturated rings. The first-order valence-electron chi connectivity index (χ1n) is 8.06. The Labute approximate surface area is 140 Å². The fraction of sp³-hybridized carbons (Fsp3) is 0.438. The van der Waals surface area contributed by atoms with Gasteiger partial charge in [0, 0.05) is 51.7 Å². The minimum Gasteiger partial charge on any atom is -0.467 e. The Morgan fingerprint density at radius 1 is 1.25 bits per heavy atom. The van der Waals surface area contributed by atoms with Crippen molar-refractivity contribution < 1.29 is 9.21 Å². The number of hydrogen-bond donors (Lipinski definition) is 2. The first-order chi connectivity index (χ1) is 11.8. The molecule has 0 saturated carbocycles. The molecule has 0 radical (unpaired) electrons. The molecule has 0 atom stereocenters. The summed E-state index contributed by atoms with van der Waals surface area (Å²) in [5.41, 5.74) is 5.98. The van der Waals surface area contributed by atoms with Gasteiger partial charge in [0.2, 0.25) is 5.95 Å². The second kappa shape index (κ2) is 7.89. The van der Waals surface area contributed by atoms with Crippen molar-refractivity contribution in [3.8, 4) is 0 Å². The molecule has 3 rings (SSSR count). The van der Waals surface area contributed by atoms with Crippen molar-refractivity contribution in [1.82, 2.24) is 20.2 Å². The Morgan fingerprint density at radius 3 is 2.67 bits per heavy atom. The molecule has 0 unspecified atom stereocenters. The summed E-state index contributed by atoms with van der Waals surface area (Å²) < 4.78 is 5.17. The topological polar surface area (TPSA) is 101 Å². The van der Waals surface area contributed by atoms with Gasteiger partial charge >= 0.3 is 0 Å². The van der Waals surface area contributed by atoms with Crippen molar-refractivity contribution in [2.45, 2.75) is 6.54 Å². The zero-order valence-electron chi connectivity index (χ0n) is 13.5. The highest BCUT2D eigenvalue weighted by Crippen LogP contribution is 2.09. The maximum atomic E-state index is 12.0. The van der Waals surface area contributed by atoms with Gasteiger partial charge in [-0.25, -0.2) is 9.97 Å². The van der Waals surface area contributed by atoms with Gasteiger partial charge in [-0.3, -0.25) is 9.69 Å². The quantitative estimate of drug-likeness (QED) is 0.773. The fourth-order valence-electron chi connectivity index (χ4n) is 2.66. The number of rotatable bonds is 6. The van der Waals surface area contributed by atoms with Gasteiger partial charge in [-0.1, -0.05) is 0 Å². The largest absolute Gasteiger partial charge is 0.467 e. The van der Waals surface area contributed by atoms with Crippen LogP contribution in [0.15, 0.2) is 35.2 Å². The van der Waals surface area contributed by atoms with E-state index in [0.717, 1.165) is 38.7 Å². The van der Waals surface area contributed by atoms with E-state index in [9.17, 15) is 4.79 Å². The molecule has 0 aromatic carbocycles. The Hall–Kier alpha value is -2.45. The molecular formula is C16H22N6O2. The van der Waals surface area contributed by atoms with Gasteiger partial charge < -0.3 is 20.4 Å². The zero-order chi connectivity index (χ0) is 16.8. The van der Waals surface area contributed by atoms with Crippen LogP contribution in [-0.2, 0) is 6.54 Å². The van der Waals surface area contributed by atoms with Crippen LogP contribution in [-0.4, -0.2) is 60.0 Å². The monoisotopic (exact) mass is 330 g/mol. The van der Waals surface area contributed by atoms with E-state index < -0.39 is 0 Å². The molecule has 24 heavy (non-hydrogen) atoms. The summed E-state index contributed by atoms with van der Waals surface area (Å²) in [7, 11) is 0. The summed E-state index contributed by atoms with van der Waals surface area (Å²) in [5, 5.41) is 2.91. The number of amides is 1. The molecule has 0 bridgehead atoms. The first-order valence-corrected chi connectivity index (χ1v) is 8.06. The van der Waals surface area contributed by atoms with Crippen molar-refractivity contribution in [3.63, 3.8) is 0 Å². The summed E-state index contributed by atoms with van der Waals surface area (Å²) in [6, 6.07) is 3.49. The Kier molecular flexibility index (Phi) is 5.39. The number of nitrogens with two attached hydrogens (primary N) is 1. The molecule has 0 spiro atoms. The lowest BCUT2D eigenvalue weighted by Crippen LogP contribution is -2.49. The maximum absolute atomic E-state index is 12.0. The van der Waals surface area contributed by atoms with Crippen LogP contribution in [0.4, 0.5) is 5.95 Å². The molecule has 2 aromatic heterocycles. The number of nitrogens with zero attached hydrogens (tertiary/aromatic N) is 4. The molecule has 1 aliphatic rings. The number of carbonyl (C=O) groups excluding carboxylic acids is 1. The molecule has 8 heteroatoms. The Bertz CT molecular complexity index is 652. The van der Waals surface area contributed by atoms with E-state index in [0.29, 0.717) is 24.4 Å². The first kappa shape index (κ1) is 16.4. The van der Waals surface area contributed by atoms with E-state index in [1.807, 2.05) is 6.07 Å². The third-order valence-electron chi connectivity index (χ3n) is 4.04. The number of carbonyl (C=O) groups is 1. The number of piperazine rings is 1. The highest BCUT2D eigenvalue weighted by Gasteiger charge is 2.18. The maximum Gasteiger partial charge on any atom is 0.254 e. The summed E-state index contributed by atoms with van der Waals surface area (Å²) in [4.78, 5) is 25.0. The summed E-state index contributed by atoms with van der Waals surface area (Å²) in [6.07, 6.45) is 4.96. The Balaban J connectivity index is 1.38. The number of nitrogens with one attached hydrogen (secondary N) is 1. The number of hydrogen-bond acceptors (Lipinski definition) is 7. The van der Waals surface area contributed by atoms with Crippen LogP contribution in [0.2, 0.25) is 0 Å². The van der Waals surface area contributed by atoms with Gasteiger partial charge in [-0.2, -0.15) is 0 Å². The SMILES string of the molecule is NCc1cc(C(=O)NCCN2CCN(c3ncccn3)CC2)co1.